The summed E-state index contributed by atoms with van der Waals surface area (Å²) < 4.78 is 10.1. The monoisotopic (exact) mass is 292 g/mol. The third kappa shape index (κ3) is 3.88. The molecule has 0 bridgehead atoms. The van der Waals surface area contributed by atoms with Gasteiger partial charge in [-0.2, -0.15) is 0 Å². The van der Waals surface area contributed by atoms with Crippen LogP contribution in [0.2, 0.25) is 0 Å². The normalized spacial score (nSPS) is 17.1. The second-order valence-electron chi connectivity index (χ2n) is 5.43. The van der Waals surface area contributed by atoms with Gasteiger partial charge in [0.2, 0.25) is 0 Å². The molecule has 21 heavy (non-hydrogen) atoms. The lowest BCUT2D eigenvalue weighted by Crippen LogP contribution is -2.36. The molecule has 0 amide bonds. The second-order valence-corrected chi connectivity index (χ2v) is 5.43. The molecule has 0 radical (unpaired) electrons. The van der Waals surface area contributed by atoms with E-state index in [0.717, 1.165) is 37.4 Å². The topological polar surface area (TPSA) is 59.6 Å². The summed E-state index contributed by atoms with van der Waals surface area (Å²) in [5, 5.41) is 6.86. The third-order valence-electron chi connectivity index (χ3n) is 4.09. The van der Waals surface area contributed by atoms with Crippen LogP contribution in [-0.4, -0.2) is 39.3 Å². The van der Waals surface area contributed by atoms with Crippen LogP contribution in [0.1, 0.15) is 30.1 Å². The van der Waals surface area contributed by atoms with Crippen molar-refractivity contribution in [1.29, 1.82) is 0 Å². The Labute approximate surface area is 126 Å². The molecule has 0 spiro atoms. The van der Waals surface area contributed by atoms with E-state index in [-0.39, 0.29) is 5.97 Å². The molecule has 2 rings (SSSR count). The molecule has 2 N–H and O–H groups in total. The average molecular weight is 292 g/mol. The van der Waals surface area contributed by atoms with Crippen LogP contribution in [0.5, 0.6) is 5.75 Å². The number of carbonyl (C=O) groups excluding carboxylic acids is 1. The van der Waals surface area contributed by atoms with E-state index in [1.54, 1.807) is 25.3 Å². The minimum atomic E-state index is -0.338. The first kappa shape index (κ1) is 15.6. The summed E-state index contributed by atoms with van der Waals surface area (Å²) in [6, 6.07) is 5.63. The van der Waals surface area contributed by atoms with Crippen LogP contribution in [0.25, 0.3) is 0 Å². The highest BCUT2D eigenvalue weighted by Crippen LogP contribution is 2.29. The van der Waals surface area contributed by atoms with Gasteiger partial charge in [0.1, 0.15) is 5.75 Å². The SMILES string of the molecule is COC(=O)c1ccc(OC)c(N[C@@H](C)C2CCNCC2)c1. The summed E-state index contributed by atoms with van der Waals surface area (Å²) in [6.07, 6.45) is 2.32. The number of nitrogens with one attached hydrogen (secondary N) is 2. The van der Waals surface area contributed by atoms with Crippen LogP contribution < -0.4 is 15.4 Å². The number of methoxy groups -OCH3 is 2. The van der Waals surface area contributed by atoms with E-state index < -0.39 is 0 Å². The number of benzene rings is 1. The van der Waals surface area contributed by atoms with Gasteiger partial charge in [-0.15, -0.1) is 0 Å². The summed E-state index contributed by atoms with van der Waals surface area (Å²) in [6.45, 7) is 4.31. The Bertz CT molecular complexity index is 484. The van der Waals surface area contributed by atoms with Crippen molar-refractivity contribution in [2.24, 2.45) is 5.92 Å². The van der Waals surface area contributed by atoms with E-state index in [4.69, 9.17) is 9.47 Å². The van der Waals surface area contributed by atoms with E-state index in [0.29, 0.717) is 17.5 Å². The molecule has 0 saturated carbocycles. The number of hydrogen-bond donors (Lipinski definition) is 2. The lowest BCUT2D eigenvalue weighted by atomic mass is 9.91. The highest BCUT2D eigenvalue weighted by molar-refractivity contribution is 5.91. The molecule has 5 heteroatoms. The van der Waals surface area contributed by atoms with E-state index in [1.165, 1.54) is 7.11 Å². The Balaban J connectivity index is 2.14. The van der Waals surface area contributed by atoms with Gasteiger partial charge in [0.25, 0.3) is 0 Å². The Hall–Kier alpha value is -1.75. The molecule has 5 nitrogen and oxygen atoms in total. The van der Waals surface area contributed by atoms with Crippen LogP contribution in [0.4, 0.5) is 5.69 Å². The van der Waals surface area contributed by atoms with Gasteiger partial charge in [-0.25, -0.2) is 4.79 Å². The first-order chi connectivity index (χ1) is 10.2. The van der Waals surface area contributed by atoms with Gasteiger partial charge in [0.05, 0.1) is 25.5 Å². The van der Waals surface area contributed by atoms with E-state index in [2.05, 4.69) is 17.6 Å². The Morgan fingerprint density at radius 2 is 2.05 bits per heavy atom. The van der Waals surface area contributed by atoms with Crippen LogP contribution in [0.3, 0.4) is 0 Å². The fourth-order valence-electron chi connectivity index (χ4n) is 2.77. The van der Waals surface area contributed by atoms with Crippen LogP contribution >= 0.6 is 0 Å². The van der Waals surface area contributed by atoms with Crippen molar-refractivity contribution in [3.63, 3.8) is 0 Å². The maximum absolute atomic E-state index is 11.7. The molecular weight excluding hydrogens is 268 g/mol. The first-order valence-corrected chi connectivity index (χ1v) is 7.39. The zero-order chi connectivity index (χ0) is 15.2. The number of ether oxygens (including phenoxy) is 2. The van der Waals surface area contributed by atoms with Crippen molar-refractivity contribution in [2.75, 3.05) is 32.6 Å². The average Bonchev–Trinajstić information content (AvgIpc) is 2.54. The van der Waals surface area contributed by atoms with Crippen LogP contribution in [-0.2, 0) is 4.74 Å². The predicted molar refractivity (Wildman–Crippen MR) is 83.0 cm³/mol. The van der Waals surface area contributed by atoms with E-state index in [9.17, 15) is 4.79 Å². The molecule has 0 unspecified atom stereocenters. The molecule has 0 aliphatic carbocycles. The fourth-order valence-corrected chi connectivity index (χ4v) is 2.77. The van der Waals surface area contributed by atoms with Gasteiger partial charge >= 0.3 is 5.97 Å². The van der Waals surface area contributed by atoms with Gasteiger partial charge in [0, 0.05) is 6.04 Å². The van der Waals surface area contributed by atoms with Gasteiger partial charge in [-0.1, -0.05) is 0 Å². The lowest BCUT2D eigenvalue weighted by Gasteiger charge is -2.30. The number of anilines is 1. The summed E-state index contributed by atoms with van der Waals surface area (Å²) in [5.41, 5.74) is 1.37. The molecule has 1 aromatic carbocycles. The van der Waals surface area contributed by atoms with Gasteiger partial charge in [-0.3, -0.25) is 0 Å². The maximum atomic E-state index is 11.7. The summed E-state index contributed by atoms with van der Waals surface area (Å²) >= 11 is 0. The molecule has 1 fully saturated rings. The van der Waals surface area contributed by atoms with Crippen molar-refractivity contribution in [3.05, 3.63) is 23.8 Å². The molecule has 1 aliphatic heterocycles. The summed E-state index contributed by atoms with van der Waals surface area (Å²) in [4.78, 5) is 11.7. The summed E-state index contributed by atoms with van der Waals surface area (Å²) in [5.74, 6) is 1.02. The molecule has 1 aliphatic rings. The van der Waals surface area contributed by atoms with Gasteiger partial charge in [-0.05, 0) is 57.0 Å². The van der Waals surface area contributed by atoms with Crippen LogP contribution in [0.15, 0.2) is 18.2 Å². The quantitative estimate of drug-likeness (QED) is 0.815. The highest BCUT2D eigenvalue weighted by atomic mass is 16.5. The lowest BCUT2D eigenvalue weighted by molar-refractivity contribution is 0.0600. The van der Waals surface area contributed by atoms with Crippen molar-refractivity contribution in [1.82, 2.24) is 5.32 Å². The Morgan fingerprint density at radius 3 is 2.67 bits per heavy atom. The van der Waals surface area contributed by atoms with Crippen molar-refractivity contribution in [3.8, 4) is 5.75 Å². The predicted octanol–water partition coefficient (Wildman–Crippen LogP) is 2.28. The highest BCUT2D eigenvalue weighted by Gasteiger charge is 2.21. The summed E-state index contributed by atoms with van der Waals surface area (Å²) in [7, 11) is 3.02. The third-order valence-corrected chi connectivity index (χ3v) is 4.09. The molecule has 1 atom stereocenters. The van der Waals surface area contributed by atoms with Crippen molar-refractivity contribution >= 4 is 11.7 Å². The maximum Gasteiger partial charge on any atom is 0.337 e. The zero-order valence-electron chi connectivity index (χ0n) is 12.9. The van der Waals surface area contributed by atoms with E-state index >= 15 is 0 Å². The Morgan fingerprint density at radius 1 is 1.33 bits per heavy atom. The van der Waals surface area contributed by atoms with Gasteiger partial charge in [0.15, 0.2) is 0 Å². The number of hydrogen-bond acceptors (Lipinski definition) is 5. The van der Waals surface area contributed by atoms with E-state index in [1.807, 2.05) is 0 Å². The minimum Gasteiger partial charge on any atom is -0.495 e. The second kappa shape index (κ2) is 7.31. The number of esters is 1. The minimum absolute atomic E-state index is 0.328. The fraction of sp³-hybridized carbons (Fsp3) is 0.562. The first-order valence-electron chi connectivity index (χ1n) is 7.39. The number of piperidine rings is 1. The van der Waals surface area contributed by atoms with Crippen molar-refractivity contribution in [2.45, 2.75) is 25.8 Å². The standard InChI is InChI=1S/C16H24N2O3/c1-11(12-6-8-17-9-7-12)18-14-10-13(16(19)21-3)4-5-15(14)20-2/h4-5,10-12,17-18H,6-9H2,1-3H3/t11-/m0/s1. The molecule has 0 aromatic heterocycles. The molecule has 1 heterocycles. The smallest absolute Gasteiger partial charge is 0.337 e. The Kier molecular flexibility index (Phi) is 5.44. The zero-order valence-corrected chi connectivity index (χ0v) is 12.9. The van der Waals surface area contributed by atoms with Gasteiger partial charge < -0.3 is 20.1 Å². The number of rotatable bonds is 5. The molecule has 1 aromatic rings. The molecule has 1 saturated heterocycles. The largest absolute Gasteiger partial charge is 0.495 e. The molecular formula is C16H24N2O3. The number of carbonyl (C=O) groups is 1. The van der Waals surface area contributed by atoms with Crippen molar-refractivity contribution < 1.29 is 14.3 Å². The molecule has 116 valence electrons. The van der Waals surface area contributed by atoms with Crippen LogP contribution in [0, 0.1) is 5.92 Å².